The summed E-state index contributed by atoms with van der Waals surface area (Å²) in [4.78, 5) is 0. The van der Waals surface area contributed by atoms with Crippen LogP contribution in [0.5, 0.6) is 5.75 Å². The number of hydrogen-bond donors (Lipinski definition) is 2. The van der Waals surface area contributed by atoms with Crippen molar-refractivity contribution in [3.05, 3.63) is 46.7 Å². The molecule has 0 saturated carbocycles. The van der Waals surface area contributed by atoms with Crippen molar-refractivity contribution in [2.24, 2.45) is 0 Å². The highest BCUT2D eigenvalue weighted by Gasteiger charge is 2.10. The number of ether oxygens (including phenoxy) is 1. The molecule has 20 heavy (non-hydrogen) atoms. The molecule has 0 unspecified atom stereocenters. The number of thiophene rings is 1. The Labute approximate surface area is 122 Å². The van der Waals surface area contributed by atoms with Crippen LogP contribution in [0.1, 0.15) is 5.56 Å². The van der Waals surface area contributed by atoms with E-state index in [0.29, 0.717) is 18.0 Å². The van der Waals surface area contributed by atoms with Gasteiger partial charge < -0.3 is 10.5 Å². The van der Waals surface area contributed by atoms with Crippen LogP contribution in [-0.2, 0) is 16.6 Å². The van der Waals surface area contributed by atoms with Crippen LogP contribution in [0.25, 0.3) is 0 Å². The maximum Gasteiger partial charge on any atom is 0.215 e. The van der Waals surface area contributed by atoms with Crippen LogP contribution in [0.4, 0.5) is 5.69 Å². The highest BCUT2D eigenvalue weighted by molar-refractivity contribution is 7.89. The molecule has 2 rings (SSSR count). The van der Waals surface area contributed by atoms with E-state index in [2.05, 4.69) is 4.72 Å². The minimum atomic E-state index is -3.34. The normalized spacial score (nSPS) is 11.4. The molecule has 3 N–H and O–H groups in total. The first-order valence-corrected chi connectivity index (χ1v) is 8.61. The molecule has 0 saturated heterocycles. The molecule has 1 aromatic heterocycles. The van der Waals surface area contributed by atoms with E-state index in [1.165, 1.54) is 11.3 Å². The van der Waals surface area contributed by atoms with Crippen molar-refractivity contribution in [3.63, 3.8) is 0 Å². The van der Waals surface area contributed by atoms with Crippen LogP contribution in [-0.4, -0.2) is 20.8 Å². The van der Waals surface area contributed by atoms with Crippen LogP contribution in [0.15, 0.2) is 41.1 Å². The molecule has 0 atom stereocenters. The molecule has 0 bridgehead atoms. The van der Waals surface area contributed by atoms with Gasteiger partial charge in [0.15, 0.2) is 0 Å². The summed E-state index contributed by atoms with van der Waals surface area (Å²) >= 11 is 1.54. The number of nitrogens with two attached hydrogens (primary N) is 1. The number of anilines is 1. The number of nitrogen functional groups attached to an aromatic ring is 1. The van der Waals surface area contributed by atoms with Crippen molar-refractivity contribution in [1.29, 1.82) is 0 Å². The molecule has 1 aromatic carbocycles. The summed E-state index contributed by atoms with van der Waals surface area (Å²) in [5.74, 6) is 0.476. The summed E-state index contributed by atoms with van der Waals surface area (Å²) in [6, 6.07) is 8.78. The minimum Gasteiger partial charge on any atom is -0.492 e. The average Bonchev–Trinajstić information content (AvgIpc) is 2.89. The van der Waals surface area contributed by atoms with Crippen molar-refractivity contribution in [2.75, 3.05) is 18.1 Å². The highest BCUT2D eigenvalue weighted by Crippen LogP contribution is 2.14. The third-order valence-electron chi connectivity index (χ3n) is 2.56. The standard InChI is InChI=1S/C13H16N2O3S2/c14-12-2-1-3-13(8-12)18-5-7-20(16,17)15-9-11-4-6-19-10-11/h1-4,6,8,10,15H,5,7,9,14H2. The first-order chi connectivity index (χ1) is 9.55. The SMILES string of the molecule is Nc1cccc(OCCS(=O)(=O)NCc2ccsc2)c1. The molecule has 0 fully saturated rings. The maximum atomic E-state index is 11.8. The molecule has 1 heterocycles. The predicted molar refractivity (Wildman–Crippen MR) is 81.3 cm³/mol. The van der Waals surface area contributed by atoms with Gasteiger partial charge in [0, 0.05) is 18.3 Å². The van der Waals surface area contributed by atoms with Crippen molar-refractivity contribution in [3.8, 4) is 5.75 Å². The van der Waals surface area contributed by atoms with E-state index < -0.39 is 10.0 Å². The zero-order chi connectivity index (χ0) is 14.4. The van der Waals surface area contributed by atoms with Crippen LogP contribution in [0, 0.1) is 0 Å². The first-order valence-electron chi connectivity index (χ1n) is 6.02. The molecule has 0 radical (unpaired) electrons. The Bertz CT molecular complexity index is 639. The number of benzene rings is 1. The van der Waals surface area contributed by atoms with Gasteiger partial charge in [-0.25, -0.2) is 13.1 Å². The molecule has 7 heteroatoms. The van der Waals surface area contributed by atoms with E-state index in [1.807, 2.05) is 16.8 Å². The minimum absolute atomic E-state index is 0.0857. The Morgan fingerprint density at radius 2 is 2.15 bits per heavy atom. The van der Waals surface area contributed by atoms with Gasteiger partial charge in [-0.15, -0.1) is 0 Å². The van der Waals surface area contributed by atoms with E-state index >= 15 is 0 Å². The Balaban J connectivity index is 1.77. The fourth-order valence-corrected chi connectivity index (χ4v) is 3.03. The summed E-state index contributed by atoms with van der Waals surface area (Å²) in [6.07, 6.45) is 0. The number of nitrogens with one attached hydrogen (secondary N) is 1. The summed E-state index contributed by atoms with van der Waals surface area (Å²) in [7, 11) is -3.34. The van der Waals surface area contributed by atoms with Crippen molar-refractivity contribution < 1.29 is 13.2 Å². The second-order valence-corrected chi connectivity index (χ2v) is 6.90. The van der Waals surface area contributed by atoms with Crippen LogP contribution in [0.3, 0.4) is 0 Å². The van der Waals surface area contributed by atoms with Gasteiger partial charge in [0.1, 0.15) is 12.4 Å². The number of rotatable bonds is 7. The van der Waals surface area contributed by atoms with Gasteiger partial charge in [-0.3, -0.25) is 0 Å². The van der Waals surface area contributed by atoms with E-state index in [-0.39, 0.29) is 12.4 Å². The zero-order valence-electron chi connectivity index (χ0n) is 10.8. The molecule has 2 aromatic rings. The molecular formula is C13H16N2O3S2. The molecule has 0 aliphatic rings. The lowest BCUT2D eigenvalue weighted by molar-refractivity contribution is 0.340. The fraction of sp³-hybridized carbons (Fsp3) is 0.231. The third kappa shape index (κ3) is 4.84. The van der Waals surface area contributed by atoms with Gasteiger partial charge in [0.05, 0.1) is 5.75 Å². The summed E-state index contributed by atoms with van der Waals surface area (Å²) in [5.41, 5.74) is 7.15. The second kappa shape index (κ2) is 6.74. The summed E-state index contributed by atoms with van der Waals surface area (Å²) in [5, 5.41) is 3.82. The Kier molecular flexibility index (Phi) is 4.99. The Hall–Kier alpha value is -1.57. The van der Waals surface area contributed by atoms with E-state index in [1.54, 1.807) is 24.3 Å². The smallest absolute Gasteiger partial charge is 0.215 e. The van der Waals surface area contributed by atoms with Gasteiger partial charge in [0.2, 0.25) is 10.0 Å². The number of sulfonamides is 1. The lowest BCUT2D eigenvalue weighted by Gasteiger charge is -2.08. The molecule has 0 aliphatic heterocycles. The molecule has 0 aliphatic carbocycles. The average molecular weight is 312 g/mol. The van der Waals surface area contributed by atoms with Crippen molar-refractivity contribution in [1.82, 2.24) is 4.72 Å². The lowest BCUT2D eigenvalue weighted by Crippen LogP contribution is -2.28. The van der Waals surface area contributed by atoms with Crippen molar-refractivity contribution >= 4 is 27.0 Å². The molecule has 108 valence electrons. The Morgan fingerprint density at radius 1 is 1.30 bits per heavy atom. The van der Waals surface area contributed by atoms with Crippen LogP contribution in [0.2, 0.25) is 0 Å². The fourth-order valence-electron chi connectivity index (χ4n) is 1.53. The van der Waals surface area contributed by atoms with Gasteiger partial charge in [-0.05, 0) is 34.5 Å². The first kappa shape index (κ1) is 14.8. The van der Waals surface area contributed by atoms with Gasteiger partial charge in [-0.1, -0.05) is 6.07 Å². The number of hydrogen-bond acceptors (Lipinski definition) is 5. The monoisotopic (exact) mass is 312 g/mol. The predicted octanol–water partition coefficient (Wildman–Crippen LogP) is 1.83. The van der Waals surface area contributed by atoms with Gasteiger partial charge in [0.25, 0.3) is 0 Å². The van der Waals surface area contributed by atoms with E-state index in [9.17, 15) is 8.42 Å². The largest absolute Gasteiger partial charge is 0.492 e. The summed E-state index contributed by atoms with van der Waals surface area (Å²) < 4.78 is 31.4. The maximum absolute atomic E-state index is 11.8. The van der Waals surface area contributed by atoms with Gasteiger partial charge in [-0.2, -0.15) is 11.3 Å². The highest BCUT2D eigenvalue weighted by atomic mass is 32.2. The Morgan fingerprint density at radius 3 is 2.85 bits per heavy atom. The van der Waals surface area contributed by atoms with E-state index in [0.717, 1.165) is 5.56 Å². The molecule has 0 amide bonds. The third-order valence-corrected chi connectivity index (χ3v) is 4.58. The second-order valence-electron chi connectivity index (χ2n) is 4.19. The molecule has 5 nitrogen and oxygen atoms in total. The summed E-state index contributed by atoms with van der Waals surface area (Å²) in [6.45, 7) is 0.395. The zero-order valence-corrected chi connectivity index (χ0v) is 12.4. The topological polar surface area (TPSA) is 81.4 Å². The quantitative estimate of drug-likeness (QED) is 0.764. The van der Waals surface area contributed by atoms with Crippen molar-refractivity contribution in [2.45, 2.75) is 6.54 Å². The molecule has 0 spiro atoms. The van der Waals surface area contributed by atoms with Gasteiger partial charge >= 0.3 is 0 Å². The van der Waals surface area contributed by atoms with E-state index in [4.69, 9.17) is 10.5 Å². The van der Waals surface area contributed by atoms with Crippen LogP contribution >= 0.6 is 11.3 Å². The lowest BCUT2D eigenvalue weighted by atomic mass is 10.3. The molecular weight excluding hydrogens is 296 g/mol. The van der Waals surface area contributed by atoms with Crippen LogP contribution < -0.4 is 15.2 Å².